The minimum absolute atomic E-state index is 0.00235. The van der Waals surface area contributed by atoms with Crippen LogP contribution < -0.4 is 11.2 Å². The van der Waals surface area contributed by atoms with Gasteiger partial charge < -0.3 is 19.7 Å². The molecular formula is C16H24N4O5. The molecule has 9 nitrogen and oxygen atoms in total. The molecule has 1 aromatic heterocycles. The van der Waals surface area contributed by atoms with Crippen molar-refractivity contribution in [3.05, 3.63) is 32.6 Å². The van der Waals surface area contributed by atoms with E-state index in [1.165, 1.54) is 0 Å². The Bertz CT molecular complexity index is 681. The highest BCUT2D eigenvalue weighted by Crippen LogP contribution is 2.24. The van der Waals surface area contributed by atoms with E-state index in [-0.39, 0.29) is 30.0 Å². The second-order valence-corrected chi connectivity index (χ2v) is 6.77. The number of aliphatic hydroxyl groups excluding tert-OH is 1. The van der Waals surface area contributed by atoms with Crippen LogP contribution in [-0.4, -0.2) is 83.3 Å². The SMILES string of the molecule is O=C(c1cc(=O)[nH]c(=O)[nH]1)N1C[C@H](CO)C[C@@H](CN2CCOCC2)C1. The number of hydrogen-bond donors (Lipinski definition) is 3. The minimum atomic E-state index is -0.698. The van der Waals surface area contributed by atoms with Gasteiger partial charge in [-0.2, -0.15) is 0 Å². The van der Waals surface area contributed by atoms with Gasteiger partial charge in [-0.15, -0.1) is 0 Å². The van der Waals surface area contributed by atoms with Gasteiger partial charge in [0.15, 0.2) is 0 Å². The summed E-state index contributed by atoms with van der Waals surface area (Å²) in [7, 11) is 0. The molecule has 25 heavy (non-hydrogen) atoms. The molecule has 3 N–H and O–H groups in total. The number of hydrogen-bond acceptors (Lipinski definition) is 6. The van der Waals surface area contributed by atoms with Gasteiger partial charge in [0.05, 0.1) is 13.2 Å². The molecule has 2 aliphatic rings. The molecule has 0 spiro atoms. The second-order valence-electron chi connectivity index (χ2n) is 6.77. The lowest BCUT2D eigenvalue weighted by atomic mass is 9.89. The fraction of sp³-hybridized carbons (Fsp3) is 0.688. The molecular weight excluding hydrogens is 328 g/mol. The molecule has 2 atom stereocenters. The van der Waals surface area contributed by atoms with Gasteiger partial charge in [0.2, 0.25) is 0 Å². The highest BCUT2D eigenvalue weighted by molar-refractivity contribution is 5.92. The van der Waals surface area contributed by atoms with E-state index < -0.39 is 11.2 Å². The summed E-state index contributed by atoms with van der Waals surface area (Å²) in [6.45, 7) is 4.99. The van der Waals surface area contributed by atoms with Crippen molar-refractivity contribution in [2.24, 2.45) is 11.8 Å². The third-order valence-corrected chi connectivity index (χ3v) is 4.78. The van der Waals surface area contributed by atoms with Crippen molar-refractivity contribution in [1.29, 1.82) is 0 Å². The van der Waals surface area contributed by atoms with Crippen LogP contribution >= 0.6 is 0 Å². The fourth-order valence-corrected chi connectivity index (χ4v) is 3.65. The third-order valence-electron chi connectivity index (χ3n) is 4.78. The van der Waals surface area contributed by atoms with Crippen molar-refractivity contribution in [3.8, 4) is 0 Å². The van der Waals surface area contributed by atoms with Crippen LogP contribution in [0.4, 0.5) is 0 Å². The standard InChI is InChI=1S/C16H24N4O5/c21-10-12-5-11(7-19-1-3-25-4-2-19)8-20(9-12)15(23)13-6-14(22)18-16(24)17-13/h6,11-12,21H,1-5,7-10H2,(H2,17,18,22,24)/t11-,12+/m0/s1. The first kappa shape index (κ1) is 17.8. The van der Waals surface area contributed by atoms with Gasteiger partial charge in [-0.05, 0) is 18.3 Å². The van der Waals surface area contributed by atoms with Gasteiger partial charge >= 0.3 is 5.69 Å². The molecule has 3 rings (SSSR count). The molecule has 2 aliphatic heterocycles. The van der Waals surface area contributed by atoms with Crippen LogP contribution in [0.3, 0.4) is 0 Å². The summed E-state index contributed by atoms with van der Waals surface area (Å²) in [5.41, 5.74) is -1.32. The number of morpholine rings is 1. The Balaban J connectivity index is 1.71. The Morgan fingerprint density at radius 3 is 2.60 bits per heavy atom. The van der Waals surface area contributed by atoms with E-state index in [0.29, 0.717) is 26.3 Å². The molecule has 1 amide bonds. The maximum atomic E-state index is 12.7. The van der Waals surface area contributed by atoms with Crippen molar-refractivity contribution in [2.45, 2.75) is 6.42 Å². The molecule has 0 aliphatic carbocycles. The minimum Gasteiger partial charge on any atom is -0.396 e. The van der Waals surface area contributed by atoms with E-state index in [1.807, 2.05) is 0 Å². The zero-order valence-corrected chi connectivity index (χ0v) is 14.1. The highest BCUT2D eigenvalue weighted by Gasteiger charge is 2.32. The zero-order chi connectivity index (χ0) is 17.8. The highest BCUT2D eigenvalue weighted by atomic mass is 16.5. The van der Waals surface area contributed by atoms with E-state index in [0.717, 1.165) is 32.1 Å². The number of ether oxygens (including phenoxy) is 1. The zero-order valence-electron chi connectivity index (χ0n) is 14.1. The summed E-state index contributed by atoms with van der Waals surface area (Å²) < 4.78 is 5.36. The average Bonchev–Trinajstić information content (AvgIpc) is 2.60. The van der Waals surface area contributed by atoms with E-state index in [2.05, 4.69) is 14.9 Å². The maximum Gasteiger partial charge on any atom is 0.326 e. The van der Waals surface area contributed by atoms with E-state index >= 15 is 0 Å². The largest absolute Gasteiger partial charge is 0.396 e. The lowest BCUT2D eigenvalue weighted by molar-refractivity contribution is 0.0129. The summed E-state index contributed by atoms with van der Waals surface area (Å²) in [5, 5.41) is 9.59. The Kier molecular flexibility index (Phi) is 5.67. The molecule has 0 saturated carbocycles. The Labute approximate surface area is 144 Å². The predicted octanol–water partition coefficient (Wildman–Crippen LogP) is -1.53. The lowest BCUT2D eigenvalue weighted by Crippen LogP contribution is -2.49. The number of amides is 1. The van der Waals surface area contributed by atoms with Crippen molar-refractivity contribution >= 4 is 5.91 Å². The molecule has 3 heterocycles. The number of carbonyl (C=O) groups excluding carboxylic acids is 1. The number of nitrogens with one attached hydrogen (secondary N) is 2. The molecule has 1 aromatic rings. The lowest BCUT2D eigenvalue weighted by Gasteiger charge is -2.39. The molecule has 2 fully saturated rings. The Morgan fingerprint density at radius 2 is 1.92 bits per heavy atom. The van der Waals surface area contributed by atoms with Gasteiger partial charge in [-0.25, -0.2) is 4.79 Å². The van der Waals surface area contributed by atoms with Crippen molar-refractivity contribution in [3.63, 3.8) is 0 Å². The summed E-state index contributed by atoms with van der Waals surface area (Å²) in [4.78, 5) is 43.9. The number of aromatic nitrogens is 2. The quantitative estimate of drug-likeness (QED) is 0.605. The number of H-pyrrole nitrogens is 2. The number of rotatable bonds is 4. The molecule has 0 unspecified atom stereocenters. The Hall–Kier alpha value is -1.97. The predicted molar refractivity (Wildman–Crippen MR) is 89.5 cm³/mol. The Morgan fingerprint density at radius 1 is 1.20 bits per heavy atom. The first-order valence-corrected chi connectivity index (χ1v) is 8.59. The summed E-state index contributed by atoms with van der Waals surface area (Å²) >= 11 is 0. The molecule has 0 bridgehead atoms. The van der Waals surface area contributed by atoms with Crippen LogP contribution in [0, 0.1) is 11.8 Å². The topological polar surface area (TPSA) is 119 Å². The van der Waals surface area contributed by atoms with Crippen molar-refractivity contribution in [1.82, 2.24) is 19.8 Å². The molecule has 2 saturated heterocycles. The van der Waals surface area contributed by atoms with E-state index in [1.54, 1.807) is 4.90 Å². The van der Waals surface area contributed by atoms with Gasteiger partial charge in [-0.3, -0.25) is 19.5 Å². The summed E-state index contributed by atoms with van der Waals surface area (Å²) in [5.74, 6) is -0.146. The summed E-state index contributed by atoms with van der Waals surface area (Å²) in [6.07, 6.45) is 0.851. The van der Waals surface area contributed by atoms with Gasteiger partial charge in [0.25, 0.3) is 11.5 Å². The van der Waals surface area contributed by atoms with Crippen molar-refractivity contribution in [2.75, 3.05) is 52.5 Å². The van der Waals surface area contributed by atoms with E-state index in [4.69, 9.17) is 4.74 Å². The van der Waals surface area contributed by atoms with Crippen molar-refractivity contribution < 1.29 is 14.6 Å². The van der Waals surface area contributed by atoms with Gasteiger partial charge in [-0.1, -0.05) is 0 Å². The summed E-state index contributed by atoms with van der Waals surface area (Å²) in [6, 6.07) is 1.10. The number of likely N-dealkylation sites (tertiary alicyclic amines) is 1. The second kappa shape index (κ2) is 7.94. The molecule has 0 aromatic carbocycles. The first-order chi connectivity index (χ1) is 12.0. The molecule has 0 radical (unpaired) electrons. The normalized spacial score (nSPS) is 25.1. The van der Waals surface area contributed by atoms with Crippen LogP contribution in [-0.2, 0) is 4.74 Å². The fourth-order valence-electron chi connectivity index (χ4n) is 3.65. The number of carbonyl (C=O) groups is 1. The van der Waals surface area contributed by atoms with Crippen LogP contribution in [0.2, 0.25) is 0 Å². The van der Waals surface area contributed by atoms with Gasteiger partial charge in [0, 0.05) is 45.4 Å². The van der Waals surface area contributed by atoms with Gasteiger partial charge in [0.1, 0.15) is 5.69 Å². The third kappa shape index (κ3) is 4.56. The molecule has 138 valence electrons. The monoisotopic (exact) mass is 352 g/mol. The number of piperidine rings is 1. The van der Waals surface area contributed by atoms with Crippen LogP contribution in [0.1, 0.15) is 16.9 Å². The smallest absolute Gasteiger partial charge is 0.326 e. The van der Waals surface area contributed by atoms with Crippen LogP contribution in [0.15, 0.2) is 15.7 Å². The first-order valence-electron chi connectivity index (χ1n) is 8.59. The molecule has 9 heteroatoms. The number of aromatic amines is 2. The van der Waals surface area contributed by atoms with Crippen LogP contribution in [0.5, 0.6) is 0 Å². The number of nitrogens with zero attached hydrogens (tertiary/aromatic N) is 2. The average molecular weight is 352 g/mol. The van der Waals surface area contributed by atoms with Crippen LogP contribution in [0.25, 0.3) is 0 Å². The maximum absolute atomic E-state index is 12.7. The van der Waals surface area contributed by atoms with E-state index in [9.17, 15) is 19.5 Å². The number of aliphatic hydroxyl groups is 1.